The van der Waals surface area contributed by atoms with E-state index in [2.05, 4.69) is 4.72 Å². The van der Waals surface area contributed by atoms with Crippen LogP contribution in [0.2, 0.25) is 0 Å². The first-order chi connectivity index (χ1) is 10.4. The molecule has 0 saturated carbocycles. The number of methoxy groups -OCH3 is 1. The van der Waals surface area contributed by atoms with Crippen LogP contribution in [0.5, 0.6) is 0 Å². The van der Waals surface area contributed by atoms with Crippen molar-refractivity contribution >= 4 is 15.9 Å². The summed E-state index contributed by atoms with van der Waals surface area (Å²) in [5.41, 5.74) is -0.528. The smallest absolute Gasteiger partial charge is 0.231 e. The molecule has 0 bridgehead atoms. The van der Waals surface area contributed by atoms with Gasteiger partial charge >= 0.3 is 0 Å². The van der Waals surface area contributed by atoms with Gasteiger partial charge in [0.15, 0.2) is 0 Å². The second-order valence-corrected chi connectivity index (χ2v) is 8.09. The predicted octanol–water partition coefficient (Wildman–Crippen LogP) is -0.0302. The topological polar surface area (TPSA) is 84.9 Å². The number of likely N-dealkylation sites (tertiary alicyclic amines) is 1. The zero-order valence-corrected chi connectivity index (χ0v) is 14.2. The molecule has 0 aliphatic carbocycles. The summed E-state index contributed by atoms with van der Waals surface area (Å²) in [7, 11) is -1.65. The molecule has 1 atom stereocenters. The van der Waals surface area contributed by atoms with E-state index in [1.807, 2.05) is 0 Å². The number of hydrogen-bond donors (Lipinski definition) is 1. The molecule has 2 aliphatic heterocycles. The third-order valence-electron chi connectivity index (χ3n) is 4.41. The van der Waals surface area contributed by atoms with Crippen LogP contribution >= 0.6 is 0 Å². The first-order valence-electron chi connectivity index (χ1n) is 7.70. The Balaban J connectivity index is 2.06. The van der Waals surface area contributed by atoms with E-state index < -0.39 is 15.4 Å². The van der Waals surface area contributed by atoms with Gasteiger partial charge in [-0.2, -0.15) is 0 Å². The van der Waals surface area contributed by atoms with E-state index in [1.54, 1.807) is 12.0 Å². The SMILES string of the molecule is COCC1(C(=O)N2CCCC(NS(C)(=O)=O)C2)CCOCC1. The minimum Gasteiger partial charge on any atom is -0.384 e. The molecule has 22 heavy (non-hydrogen) atoms. The molecule has 0 aromatic rings. The third-order valence-corrected chi connectivity index (χ3v) is 5.18. The standard InChI is InChI=1S/C14H26N2O5S/c1-20-11-14(5-8-21-9-6-14)13(17)16-7-3-4-12(10-16)15-22(2,18)19/h12,15H,3-11H2,1-2H3. The van der Waals surface area contributed by atoms with Gasteiger partial charge in [0.05, 0.1) is 18.3 Å². The quantitative estimate of drug-likeness (QED) is 0.763. The normalized spacial score (nSPS) is 25.9. The molecule has 2 saturated heterocycles. The van der Waals surface area contributed by atoms with Crippen molar-refractivity contribution in [2.45, 2.75) is 31.7 Å². The summed E-state index contributed by atoms with van der Waals surface area (Å²) < 4.78 is 36.1. The van der Waals surface area contributed by atoms with Gasteiger partial charge in [0.2, 0.25) is 15.9 Å². The fourth-order valence-electron chi connectivity index (χ4n) is 3.35. The van der Waals surface area contributed by atoms with E-state index in [0.29, 0.717) is 45.8 Å². The van der Waals surface area contributed by atoms with Gasteiger partial charge in [-0.05, 0) is 25.7 Å². The minimum atomic E-state index is -3.26. The summed E-state index contributed by atoms with van der Waals surface area (Å²) in [5.74, 6) is 0.0673. The van der Waals surface area contributed by atoms with E-state index in [9.17, 15) is 13.2 Å². The lowest BCUT2D eigenvalue weighted by molar-refractivity contribution is -0.154. The molecule has 0 aromatic carbocycles. The lowest BCUT2D eigenvalue weighted by Gasteiger charge is -2.42. The largest absolute Gasteiger partial charge is 0.384 e. The Kier molecular flexibility index (Phi) is 5.81. The number of amides is 1. The fraction of sp³-hybridized carbons (Fsp3) is 0.929. The van der Waals surface area contributed by atoms with Crippen molar-refractivity contribution in [3.8, 4) is 0 Å². The molecule has 0 radical (unpaired) electrons. The molecular formula is C14H26N2O5S. The van der Waals surface area contributed by atoms with Crippen LogP contribution < -0.4 is 4.72 Å². The number of nitrogens with one attached hydrogen (secondary N) is 1. The van der Waals surface area contributed by atoms with E-state index in [-0.39, 0.29) is 11.9 Å². The van der Waals surface area contributed by atoms with Crippen molar-refractivity contribution in [1.82, 2.24) is 9.62 Å². The molecular weight excluding hydrogens is 308 g/mol. The van der Waals surface area contributed by atoms with Gasteiger partial charge in [0.1, 0.15) is 0 Å². The van der Waals surface area contributed by atoms with Gasteiger partial charge in [-0.1, -0.05) is 0 Å². The highest BCUT2D eigenvalue weighted by molar-refractivity contribution is 7.88. The molecule has 2 fully saturated rings. The van der Waals surface area contributed by atoms with Crippen molar-refractivity contribution in [3.05, 3.63) is 0 Å². The maximum Gasteiger partial charge on any atom is 0.231 e. The predicted molar refractivity (Wildman–Crippen MR) is 81.9 cm³/mol. The average Bonchev–Trinajstić information content (AvgIpc) is 2.46. The van der Waals surface area contributed by atoms with Crippen molar-refractivity contribution in [2.75, 3.05) is 46.3 Å². The highest BCUT2D eigenvalue weighted by Gasteiger charge is 2.43. The molecule has 1 unspecified atom stereocenters. The van der Waals surface area contributed by atoms with E-state index in [0.717, 1.165) is 19.1 Å². The second-order valence-electron chi connectivity index (χ2n) is 6.31. The molecule has 8 heteroatoms. The summed E-state index contributed by atoms with van der Waals surface area (Å²) in [6.07, 6.45) is 4.02. The van der Waals surface area contributed by atoms with Gasteiger partial charge in [-0.25, -0.2) is 13.1 Å². The van der Waals surface area contributed by atoms with Gasteiger partial charge in [0.25, 0.3) is 0 Å². The summed E-state index contributed by atoms with van der Waals surface area (Å²) in [6.45, 7) is 2.61. The molecule has 128 valence electrons. The highest BCUT2D eigenvalue weighted by atomic mass is 32.2. The Morgan fingerprint density at radius 2 is 2.09 bits per heavy atom. The monoisotopic (exact) mass is 334 g/mol. The van der Waals surface area contributed by atoms with E-state index in [4.69, 9.17) is 9.47 Å². The van der Waals surface area contributed by atoms with Crippen LogP contribution in [-0.2, 0) is 24.3 Å². The Hall–Kier alpha value is -0.700. The first kappa shape index (κ1) is 17.7. The van der Waals surface area contributed by atoms with Gasteiger partial charge in [-0.15, -0.1) is 0 Å². The second kappa shape index (κ2) is 7.25. The Bertz CT molecular complexity index is 482. The van der Waals surface area contributed by atoms with Crippen LogP contribution in [0.4, 0.5) is 0 Å². The summed E-state index contributed by atoms with van der Waals surface area (Å²) in [6, 6.07) is -0.202. The number of rotatable bonds is 5. The van der Waals surface area contributed by atoms with E-state index >= 15 is 0 Å². The Morgan fingerprint density at radius 3 is 2.68 bits per heavy atom. The maximum absolute atomic E-state index is 13.0. The molecule has 7 nitrogen and oxygen atoms in total. The summed E-state index contributed by atoms with van der Waals surface area (Å²) in [5, 5.41) is 0. The molecule has 1 amide bonds. The maximum atomic E-state index is 13.0. The summed E-state index contributed by atoms with van der Waals surface area (Å²) >= 11 is 0. The Morgan fingerprint density at radius 1 is 1.41 bits per heavy atom. The van der Waals surface area contributed by atoms with Gasteiger partial charge in [-0.3, -0.25) is 4.79 Å². The van der Waals surface area contributed by atoms with Crippen LogP contribution in [0, 0.1) is 5.41 Å². The number of carbonyl (C=O) groups is 1. The number of piperidine rings is 1. The molecule has 1 N–H and O–H groups in total. The van der Waals surface area contributed by atoms with Crippen molar-refractivity contribution < 1.29 is 22.7 Å². The lowest BCUT2D eigenvalue weighted by atomic mass is 9.79. The van der Waals surface area contributed by atoms with Crippen LogP contribution in [0.3, 0.4) is 0 Å². The Labute approximate surface area is 132 Å². The van der Waals surface area contributed by atoms with Gasteiger partial charge < -0.3 is 14.4 Å². The molecule has 2 rings (SSSR count). The number of hydrogen-bond acceptors (Lipinski definition) is 5. The minimum absolute atomic E-state index is 0.0673. The molecule has 2 aliphatic rings. The van der Waals surface area contributed by atoms with E-state index in [1.165, 1.54) is 0 Å². The number of sulfonamides is 1. The molecule has 0 aromatic heterocycles. The number of nitrogens with zero attached hydrogens (tertiary/aromatic N) is 1. The fourth-order valence-corrected chi connectivity index (χ4v) is 4.15. The van der Waals surface area contributed by atoms with Crippen LogP contribution in [0.15, 0.2) is 0 Å². The zero-order valence-electron chi connectivity index (χ0n) is 13.3. The van der Waals surface area contributed by atoms with Crippen LogP contribution in [-0.4, -0.2) is 71.5 Å². The van der Waals surface area contributed by atoms with Gasteiger partial charge in [0, 0.05) is 39.5 Å². The zero-order chi connectivity index (χ0) is 16.2. The van der Waals surface area contributed by atoms with Crippen LogP contribution in [0.1, 0.15) is 25.7 Å². The third kappa shape index (κ3) is 4.41. The lowest BCUT2D eigenvalue weighted by Crippen LogP contribution is -2.55. The summed E-state index contributed by atoms with van der Waals surface area (Å²) in [4.78, 5) is 14.8. The average molecular weight is 334 g/mol. The van der Waals surface area contributed by atoms with Crippen molar-refractivity contribution in [3.63, 3.8) is 0 Å². The molecule has 2 heterocycles. The van der Waals surface area contributed by atoms with Crippen molar-refractivity contribution in [2.24, 2.45) is 5.41 Å². The highest BCUT2D eigenvalue weighted by Crippen LogP contribution is 2.34. The number of ether oxygens (including phenoxy) is 2. The number of carbonyl (C=O) groups excluding carboxylic acids is 1. The van der Waals surface area contributed by atoms with Crippen LogP contribution in [0.25, 0.3) is 0 Å². The van der Waals surface area contributed by atoms with Crippen molar-refractivity contribution in [1.29, 1.82) is 0 Å². The molecule has 0 spiro atoms. The first-order valence-corrected chi connectivity index (χ1v) is 9.59.